The van der Waals surface area contributed by atoms with E-state index in [4.69, 9.17) is 21.1 Å². The predicted molar refractivity (Wildman–Crippen MR) is 136 cm³/mol. The number of rotatable bonds is 5. The number of halogens is 1. The van der Waals surface area contributed by atoms with E-state index in [1.165, 1.54) is 6.33 Å². The van der Waals surface area contributed by atoms with E-state index in [0.717, 1.165) is 21.9 Å². The molecule has 2 heterocycles. The number of anilines is 2. The summed E-state index contributed by atoms with van der Waals surface area (Å²) in [6.07, 6.45) is 3.20. The monoisotopic (exact) mass is 488 g/mol. The quantitative estimate of drug-likeness (QED) is 0.334. The fraction of sp³-hybridized carbons (Fsp3) is 0.120. The first-order chi connectivity index (χ1) is 17.0. The maximum absolute atomic E-state index is 12.5. The number of nitrogens with one attached hydrogen (secondary N) is 2. The van der Waals surface area contributed by atoms with Crippen molar-refractivity contribution >= 4 is 50.8 Å². The molecule has 5 aromatic rings. The minimum atomic E-state index is -0.360. The number of ether oxygens (including phenoxy) is 2. The third kappa shape index (κ3) is 4.29. The maximum Gasteiger partial charge on any atom is 0.323 e. The number of aromatic nitrogens is 4. The molecule has 2 aromatic heterocycles. The summed E-state index contributed by atoms with van der Waals surface area (Å²) in [5, 5.41) is 12.4. The fourth-order valence-electron chi connectivity index (χ4n) is 3.83. The minimum Gasteiger partial charge on any atom is -0.493 e. The second kappa shape index (κ2) is 9.11. The van der Waals surface area contributed by atoms with Crippen molar-refractivity contribution < 1.29 is 14.3 Å². The van der Waals surface area contributed by atoms with Crippen molar-refractivity contribution in [1.29, 1.82) is 0 Å². The molecule has 10 heteroatoms. The minimum absolute atomic E-state index is 0.360. The molecule has 0 atom stereocenters. The van der Waals surface area contributed by atoms with Crippen LogP contribution in [0.2, 0.25) is 5.02 Å². The summed E-state index contributed by atoms with van der Waals surface area (Å²) in [6.45, 7) is 1.88. The highest BCUT2D eigenvalue weighted by Crippen LogP contribution is 2.34. The zero-order chi connectivity index (χ0) is 24.5. The van der Waals surface area contributed by atoms with Crippen LogP contribution >= 0.6 is 11.6 Å². The standard InChI is InChI=1S/C25H21ClN6O3/c1-14-8-16(4-6-19(14)26)30-25(33)31-17-5-7-21-15(9-17)12-29-32(21)24-18-10-22(34-2)23(35-3)11-20(18)27-13-28-24/h4-13H,1-3H3,(H2,30,31,33). The summed E-state index contributed by atoms with van der Waals surface area (Å²) in [6, 6.07) is 14.1. The summed E-state index contributed by atoms with van der Waals surface area (Å²) in [5.74, 6) is 1.75. The molecule has 0 radical (unpaired) electrons. The van der Waals surface area contributed by atoms with Gasteiger partial charge in [-0.25, -0.2) is 19.4 Å². The molecule has 5 rings (SSSR count). The molecular weight excluding hydrogens is 468 g/mol. The Hall–Kier alpha value is -4.37. The van der Waals surface area contributed by atoms with Gasteiger partial charge in [-0.1, -0.05) is 11.6 Å². The van der Waals surface area contributed by atoms with Gasteiger partial charge in [0, 0.05) is 33.2 Å². The molecule has 0 aliphatic rings. The molecule has 0 saturated carbocycles. The van der Waals surface area contributed by atoms with Crippen LogP contribution in [0, 0.1) is 6.92 Å². The molecule has 9 nitrogen and oxygen atoms in total. The SMILES string of the molecule is COc1cc2ncnc(-n3ncc4cc(NC(=O)Nc5ccc(Cl)c(C)c5)ccc43)c2cc1OC. The zero-order valence-electron chi connectivity index (χ0n) is 19.2. The van der Waals surface area contributed by atoms with E-state index >= 15 is 0 Å². The Morgan fingerprint density at radius 1 is 0.943 bits per heavy atom. The summed E-state index contributed by atoms with van der Waals surface area (Å²) in [4.78, 5) is 21.3. The Bertz CT molecular complexity index is 1580. The highest BCUT2D eigenvalue weighted by atomic mass is 35.5. The molecule has 0 aliphatic carbocycles. The third-order valence-electron chi connectivity index (χ3n) is 5.56. The number of carbonyl (C=O) groups is 1. The maximum atomic E-state index is 12.5. The third-order valence-corrected chi connectivity index (χ3v) is 5.99. The molecule has 2 amide bonds. The van der Waals surface area contributed by atoms with E-state index in [9.17, 15) is 4.79 Å². The first kappa shape index (κ1) is 22.4. The lowest BCUT2D eigenvalue weighted by Gasteiger charge is -2.11. The van der Waals surface area contributed by atoms with Gasteiger partial charge in [-0.2, -0.15) is 5.10 Å². The lowest BCUT2D eigenvalue weighted by Crippen LogP contribution is -2.19. The van der Waals surface area contributed by atoms with Gasteiger partial charge >= 0.3 is 6.03 Å². The number of aryl methyl sites for hydroxylation is 1. The van der Waals surface area contributed by atoms with Crippen LogP contribution in [0.3, 0.4) is 0 Å². The second-order valence-corrected chi connectivity index (χ2v) is 8.20. The Kier molecular flexibility index (Phi) is 5.84. The lowest BCUT2D eigenvalue weighted by molar-refractivity contribution is 0.262. The van der Waals surface area contributed by atoms with Crippen LogP contribution in [0.1, 0.15) is 5.56 Å². The van der Waals surface area contributed by atoms with Gasteiger partial charge < -0.3 is 20.1 Å². The molecule has 3 aromatic carbocycles. The average Bonchev–Trinajstić information content (AvgIpc) is 3.28. The summed E-state index contributed by atoms with van der Waals surface area (Å²) in [5.41, 5.74) is 3.68. The van der Waals surface area contributed by atoms with Crippen molar-refractivity contribution in [2.24, 2.45) is 0 Å². The lowest BCUT2D eigenvalue weighted by atomic mass is 10.2. The topological polar surface area (TPSA) is 103 Å². The van der Waals surface area contributed by atoms with Crippen LogP contribution in [-0.4, -0.2) is 40.0 Å². The van der Waals surface area contributed by atoms with E-state index in [1.807, 2.05) is 31.2 Å². The van der Waals surface area contributed by atoms with Gasteiger partial charge in [0.25, 0.3) is 0 Å². The Morgan fingerprint density at radius 2 is 1.66 bits per heavy atom. The number of benzene rings is 3. The van der Waals surface area contributed by atoms with Crippen molar-refractivity contribution in [1.82, 2.24) is 19.7 Å². The van der Waals surface area contributed by atoms with Gasteiger partial charge in [0.1, 0.15) is 6.33 Å². The predicted octanol–water partition coefficient (Wildman–Crippen LogP) is 5.59. The molecule has 176 valence electrons. The number of amides is 2. The number of nitrogens with zero attached hydrogens (tertiary/aromatic N) is 4. The molecule has 0 unspecified atom stereocenters. The first-order valence-corrected chi connectivity index (χ1v) is 11.0. The van der Waals surface area contributed by atoms with Crippen LogP contribution in [0.25, 0.3) is 27.6 Å². The van der Waals surface area contributed by atoms with E-state index in [0.29, 0.717) is 39.2 Å². The van der Waals surface area contributed by atoms with Crippen LogP contribution in [0.15, 0.2) is 61.1 Å². The van der Waals surface area contributed by atoms with Crippen LogP contribution in [-0.2, 0) is 0 Å². The van der Waals surface area contributed by atoms with E-state index in [1.54, 1.807) is 49.4 Å². The van der Waals surface area contributed by atoms with Gasteiger partial charge in [0.05, 0.1) is 31.4 Å². The average molecular weight is 489 g/mol. The summed E-state index contributed by atoms with van der Waals surface area (Å²) < 4.78 is 12.6. The number of urea groups is 1. The normalized spacial score (nSPS) is 11.0. The molecular formula is C25H21ClN6O3. The van der Waals surface area contributed by atoms with Crippen molar-refractivity contribution in [3.05, 3.63) is 71.6 Å². The number of hydrogen-bond donors (Lipinski definition) is 2. The van der Waals surface area contributed by atoms with E-state index in [-0.39, 0.29) is 6.03 Å². The van der Waals surface area contributed by atoms with Crippen LogP contribution in [0.5, 0.6) is 11.5 Å². The number of methoxy groups -OCH3 is 2. The molecule has 0 fully saturated rings. The van der Waals surface area contributed by atoms with Crippen molar-refractivity contribution in [3.8, 4) is 17.3 Å². The van der Waals surface area contributed by atoms with E-state index < -0.39 is 0 Å². The van der Waals surface area contributed by atoms with Crippen LogP contribution in [0.4, 0.5) is 16.2 Å². The zero-order valence-corrected chi connectivity index (χ0v) is 19.9. The van der Waals surface area contributed by atoms with E-state index in [2.05, 4.69) is 25.7 Å². The Labute approximate surface area is 205 Å². The first-order valence-electron chi connectivity index (χ1n) is 10.7. The summed E-state index contributed by atoms with van der Waals surface area (Å²) in [7, 11) is 3.16. The van der Waals surface area contributed by atoms with Gasteiger partial charge in [-0.3, -0.25) is 0 Å². The molecule has 35 heavy (non-hydrogen) atoms. The van der Waals surface area contributed by atoms with Gasteiger partial charge in [-0.05, 0) is 55.0 Å². The largest absolute Gasteiger partial charge is 0.493 e. The number of hydrogen-bond acceptors (Lipinski definition) is 6. The molecule has 0 aliphatic heterocycles. The fourth-order valence-corrected chi connectivity index (χ4v) is 3.95. The van der Waals surface area contributed by atoms with Crippen molar-refractivity contribution in [3.63, 3.8) is 0 Å². The second-order valence-electron chi connectivity index (χ2n) is 7.79. The smallest absolute Gasteiger partial charge is 0.323 e. The Morgan fingerprint density at radius 3 is 2.40 bits per heavy atom. The number of fused-ring (bicyclic) bond motifs is 2. The van der Waals surface area contributed by atoms with Crippen LogP contribution < -0.4 is 20.1 Å². The summed E-state index contributed by atoms with van der Waals surface area (Å²) >= 11 is 6.05. The highest BCUT2D eigenvalue weighted by Gasteiger charge is 2.15. The number of carbonyl (C=O) groups excluding carboxylic acids is 1. The Balaban J connectivity index is 1.44. The van der Waals surface area contributed by atoms with Gasteiger partial charge in [0.2, 0.25) is 0 Å². The van der Waals surface area contributed by atoms with Crippen molar-refractivity contribution in [2.45, 2.75) is 6.92 Å². The molecule has 0 bridgehead atoms. The van der Waals surface area contributed by atoms with Crippen molar-refractivity contribution in [2.75, 3.05) is 24.9 Å². The van der Waals surface area contributed by atoms with Gasteiger partial charge in [0.15, 0.2) is 17.3 Å². The molecule has 0 saturated heterocycles. The van der Waals surface area contributed by atoms with Gasteiger partial charge in [-0.15, -0.1) is 0 Å². The molecule has 0 spiro atoms. The molecule has 2 N–H and O–H groups in total. The highest BCUT2D eigenvalue weighted by molar-refractivity contribution is 6.31.